The molecule has 1 saturated carbocycles. The van der Waals surface area contributed by atoms with E-state index in [-0.39, 0.29) is 5.92 Å². The highest BCUT2D eigenvalue weighted by molar-refractivity contribution is 6.30. The third-order valence-electron chi connectivity index (χ3n) is 2.83. The van der Waals surface area contributed by atoms with Crippen molar-refractivity contribution in [3.8, 4) is 5.75 Å². The normalized spacial score (nSPS) is 17.2. The zero-order valence-electron chi connectivity index (χ0n) is 8.57. The van der Waals surface area contributed by atoms with Crippen LogP contribution >= 0.6 is 11.6 Å². The van der Waals surface area contributed by atoms with Crippen LogP contribution in [-0.4, -0.2) is 13.4 Å². The Morgan fingerprint density at radius 2 is 2.27 bits per heavy atom. The summed E-state index contributed by atoms with van der Waals surface area (Å²) in [4.78, 5) is 11.1. The van der Waals surface area contributed by atoms with Crippen LogP contribution in [-0.2, 0) is 4.79 Å². The van der Waals surface area contributed by atoms with E-state index in [9.17, 15) is 4.79 Å². The molecule has 1 aromatic rings. The first-order valence-electron chi connectivity index (χ1n) is 5.05. The number of methoxy groups -OCH3 is 1. The molecule has 2 nitrogen and oxygen atoms in total. The van der Waals surface area contributed by atoms with E-state index in [1.807, 2.05) is 12.1 Å². The number of carbonyl (C=O) groups excluding carboxylic acids is 1. The molecule has 0 amide bonds. The number of rotatable bonds is 4. The number of hydrogen-bond acceptors (Lipinski definition) is 2. The van der Waals surface area contributed by atoms with Gasteiger partial charge < -0.3 is 9.53 Å². The van der Waals surface area contributed by atoms with Gasteiger partial charge in [0, 0.05) is 16.5 Å². The number of aldehydes is 1. The Morgan fingerprint density at radius 3 is 2.80 bits per heavy atom. The van der Waals surface area contributed by atoms with Crippen LogP contribution in [0.5, 0.6) is 5.75 Å². The Morgan fingerprint density at radius 1 is 1.53 bits per heavy atom. The summed E-state index contributed by atoms with van der Waals surface area (Å²) in [5.41, 5.74) is 0.919. The van der Waals surface area contributed by atoms with Gasteiger partial charge in [0.1, 0.15) is 12.0 Å². The van der Waals surface area contributed by atoms with Crippen molar-refractivity contribution in [2.24, 2.45) is 5.92 Å². The second-order valence-electron chi connectivity index (χ2n) is 3.89. The highest BCUT2D eigenvalue weighted by Gasteiger charge is 2.33. The lowest BCUT2D eigenvalue weighted by Crippen LogP contribution is -2.04. The van der Waals surface area contributed by atoms with Gasteiger partial charge in [0.15, 0.2) is 0 Å². The Labute approximate surface area is 94.2 Å². The molecule has 0 aromatic heterocycles. The van der Waals surface area contributed by atoms with Gasteiger partial charge in [-0.1, -0.05) is 11.6 Å². The summed E-state index contributed by atoms with van der Waals surface area (Å²) < 4.78 is 5.24. The minimum absolute atomic E-state index is 0.0568. The molecule has 3 heteroatoms. The summed E-state index contributed by atoms with van der Waals surface area (Å²) in [6.45, 7) is 0. The van der Waals surface area contributed by atoms with Crippen LogP contribution in [0.1, 0.15) is 24.3 Å². The molecule has 1 aliphatic carbocycles. The predicted octanol–water partition coefficient (Wildman–Crippen LogP) is 3.04. The standard InChI is InChI=1S/C12H13ClO2/c1-15-12-5-4-9(13)6-10(12)11(7-14)8-2-3-8/h4-8,11H,2-3H2,1H3. The van der Waals surface area contributed by atoms with Gasteiger partial charge in [0.25, 0.3) is 0 Å². The van der Waals surface area contributed by atoms with Gasteiger partial charge in [-0.25, -0.2) is 0 Å². The van der Waals surface area contributed by atoms with E-state index in [4.69, 9.17) is 16.3 Å². The second kappa shape index (κ2) is 4.23. The summed E-state index contributed by atoms with van der Waals surface area (Å²) in [6, 6.07) is 5.42. The van der Waals surface area contributed by atoms with Crippen molar-refractivity contribution in [3.63, 3.8) is 0 Å². The van der Waals surface area contributed by atoms with Crippen molar-refractivity contribution in [1.82, 2.24) is 0 Å². The van der Waals surface area contributed by atoms with Crippen molar-refractivity contribution in [1.29, 1.82) is 0 Å². The zero-order chi connectivity index (χ0) is 10.8. The third-order valence-corrected chi connectivity index (χ3v) is 3.06. The second-order valence-corrected chi connectivity index (χ2v) is 4.32. The topological polar surface area (TPSA) is 26.3 Å². The molecule has 80 valence electrons. The highest BCUT2D eigenvalue weighted by atomic mass is 35.5. The fourth-order valence-corrected chi connectivity index (χ4v) is 2.04. The van der Waals surface area contributed by atoms with Crippen LogP contribution < -0.4 is 4.74 Å². The van der Waals surface area contributed by atoms with Gasteiger partial charge in [-0.15, -0.1) is 0 Å². The van der Waals surface area contributed by atoms with E-state index in [1.54, 1.807) is 13.2 Å². The van der Waals surface area contributed by atoms with E-state index < -0.39 is 0 Å². The quantitative estimate of drug-likeness (QED) is 0.735. The molecule has 0 N–H and O–H groups in total. The zero-order valence-corrected chi connectivity index (χ0v) is 9.33. The summed E-state index contributed by atoms with van der Waals surface area (Å²) in [6.07, 6.45) is 3.25. The van der Waals surface area contributed by atoms with Crippen molar-refractivity contribution < 1.29 is 9.53 Å². The molecule has 1 aliphatic rings. The first-order chi connectivity index (χ1) is 7.26. The lowest BCUT2D eigenvalue weighted by atomic mass is 9.95. The Hall–Kier alpha value is -1.02. The molecule has 1 aromatic carbocycles. The van der Waals surface area contributed by atoms with Crippen LogP contribution in [0.4, 0.5) is 0 Å². The molecule has 1 atom stereocenters. The van der Waals surface area contributed by atoms with E-state index in [2.05, 4.69) is 0 Å². The van der Waals surface area contributed by atoms with Gasteiger partial charge in [0.2, 0.25) is 0 Å². The average Bonchev–Trinajstić information content (AvgIpc) is 3.04. The molecule has 0 bridgehead atoms. The van der Waals surface area contributed by atoms with Gasteiger partial charge in [-0.05, 0) is 37.0 Å². The first kappa shape index (κ1) is 10.5. The molecule has 0 spiro atoms. The first-order valence-corrected chi connectivity index (χ1v) is 5.42. The molecule has 0 heterocycles. The van der Waals surface area contributed by atoms with Crippen LogP contribution in [0.15, 0.2) is 18.2 Å². The summed E-state index contributed by atoms with van der Waals surface area (Å²) >= 11 is 5.93. The van der Waals surface area contributed by atoms with Crippen molar-refractivity contribution in [3.05, 3.63) is 28.8 Å². The summed E-state index contributed by atoms with van der Waals surface area (Å²) in [5, 5.41) is 0.651. The highest BCUT2D eigenvalue weighted by Crippen LogP contribution is 2.44. The molecule has 0 saturated heterocycles. The lowest BCUT2D eigenvalue weighted by Gasteiger charge is -2.14. The number of hydrogen-bond donors (Lipinski definition) is 0. The summed E-state index contributed by atoms with van der Waals surface area (Å²) in [5.74, 6) is 1.18. The Bertz CT molecular complexity index is 372. The van der Waals surface area contributed by atoms with Crippen molar-refractivity contribution in [2.75, 3.05) is 7.11 Å². The fraction of sp³-hybridized carbons (Fsp3) is 0.417. The van der Waals surface area contributed by atoms with Gasteiger partial charge in [-0.3, -0.25) is 0 Å². The summed E-state index contributed by atoms with van der Waals surface area (Å²) in [7, 11) is 1.61. The van der Waals surface area contributed by atoms with E-state index >= 15 is 0 Å². The van der Waals surface area contributed by atoms with Crippen LogP contribution in [0.25, 0.3) is 0 Å². The van der Waals surface area contributed by atoms with Gasteiger partial charge in [0.05, 0.1) is 7.11 Å². The van der Waals surface area contributed by atoms with Crippen LogP contribution in [0, 0.1) is 5.92 Å². The largest absolute Gasteiger partial charge is 0.496 e. The minimum Gasteiger partial charge on any atom is -0.496 e. The Kier molecular flexibility index (Phi) is 2.96. The predicted molar refractivity (Wildman–Crippen MR) is 59.5 cm³/mol. The number of carbonyl (C=O) groups is 1. The Balaban J connectivity index is 2.38. The smallest absolute Gasteiger partial charge is 0.127 e. The van der Waals surface area contributed by atoms with Crippen LogP contribution in [0.2, 0.25) is 5.02 Å². The van der Waals surface area contributed by atoms with E-state index in [1.165, 1.54) is 0 Å². The molecule has 0 radical (unpaired) electrons. The maximum atomic E-state index is 11.1. The van der Waals surface area contributed by atoms with Gasteiger partial charge >= 0.3 is 0 Å². The average molecular weight is 225 g/mol. The monoisotopic (exact) mass is 224 g/mol. The maximum absolute atomic E-state index is 11.1. The molecular weight excluding hydrogens is 212 g/mol. The van der Waals surface area contributed by atoms with E-state index in [0.29, 0.717) is 10.9 Å². The SMILES string of the molecule is COc1ccc(Cl)cc1C(C=O)C1CC1. The molecule has 0 aliphatic heterocycles. The third kappa shape index (κ3) is 2.15. The van der Waals surface area contributed by atoms with Crippen molar-refractivity contribution in [2.45, 2.75) is 18.8 Å². The fourth-order valence-electron chi connectivity index (χ4n) is 1.86. The van der Waals surface area contributed by atoms with Gasteiger partial charge in [-0.2, -0.15) is 0 Å². The number of halogens is 1. The molecule has 1 fully saturated rings. The minimum atomic E-state index is -0.0568. The molecule has 15 heavy (non-hydrogen) atoms. The lowest BCUT2D eigenvalue weighted by molar-refractivity contribution is -0.109. The number of ether oxygens (including phenoxy) is 1. The van der Waals surface area contributed by atoms with Crippen molar-refractivity contribution >= 4 is 17.9 Å². The maximum Gasteiger partial charge on any atom is 0.127 e. The molecular formula is C12H13ClO2. The van der Waals surface area contributed by atoms with E-state index in [0.717, 1.165) is 30.4 Å². The molecule has 1 unspecified atom stereocenters. The molecule has 2 rings (SSSR count). The van der Waals surface area contributed by atoms with Crippen LogP contribution in [0.3, 0.4) is 0 Å². The number of benzene rings is 1.